The second-order valence-corrected chi connectivity index (χ2v) is 5.17. The quantitative estimate of drug-likeness (QED) is 0.703. The van der Waals surface area contributed by atoms with Crippen LogP contribution in [0.3, 0.4) is 0 Å². The molecule has 2 rings (SSSR count). The van der Waals surface area contributed by atoms with E-state index in [1.807, 2.05) is 19.9 Å². The van der Waals surface area contributed by atoms with Gasteiger partial charge in [-0.2, -0.15) is 0 Å². The molecule has 0 saturated heterocycles. The van der Waals surface area contributed by atoms with E-state index < -0.39 is 0 Å². The number of anilines is 2. The van der Waals surface area contributed by atoms with Gasteiger partial charge >= 0.3 is 0 Å². The summed E-state index contributed by atoms with van der Waals surface area (Å²) < 4.78 is 0. The van der Waals surface area contributed by atoms with Gasteiger partial charge in [-0.3, -0.25) is 4.79 Å². The van der Waals surface area contributed by atoms with Crippen molar-refractivity contribution in [3.63, 3.8) is 0 Å². The Morgan fingerprint density at radius 2 is 1.69 bits per heavy atom. The number of benzene rings is 1. The van der Waals surface area contributed by atoms with Crippen molar-refractivity contribution >= 4 is 17.3 Å². The monoisotopic (exact) mass is 218 g/mol. The highest BCUT2D eigenvalue weighted by molar-refractivity contribution is 5.99. The van der Waals surface area contributed by atoms with Gasteiger partial charge in [-0.15, -0.1) is 0 Å². The summed E-state index contributed by atoms with van der Waals surface area (Å²) in [5.41, 5.74) is 3.96. The normalized spacial score (nSPS) is 18.1. The van der Waals surface area contributed by atoms with Crippen LogP contribution in [0, 0.1) is 19.3 Å². The molecule has 0 radical (unpaired) electrons. The fraction of sp³-hybridized carbons (Fsp3) is 0.462. The van der Waals surface area contributed by atoms with E-state index in [1.165, 1.54) is 11.1 Å². The van der Waals surface area contributed by atoms with Crippen molar-refractivity contribution in [2.24, 2.45) is 5.41 Å². The number of amides is 1. The molecule has 86 valence electrons. The third kappa shape index (κ3) is 1.77. The molecule has 1 aromatic rings. The van der Waals surface area contributed by atoms with E-state index in [1.54, 1.807) is 0 Å². The van der Waals surface area contributed by atoms with E-state index in [9.17, 15) is 4.79 Å². The minimum Gasteiger partial charge on any atom is -0.382 e. The summed E-state index contributed by atoms with van der Waals surface area (Å²) >= 11 is 0. The molecule has 2 N–H and O–H groups in total. The number of carbonyl (C=O) groups is 1. The summed E-state index contributed by atoms with van der Waals surface area (Å²) in [7, 11) is 0. The highest BCUT2D eigenvalue weighted by Crippen LogP contribution is 2.31. The third-order valence-electron chi connectivity index (χ3n) is 3.22. The van der Waals surface area contributed by atoms with Crippen molar-refractivity contribution in [3.8, 4) is 0 Å². The molecule has 16 heavy (non-hydrogen) atoms. The maximum Gasteiger partial charge on any atom is 0.231 e. The van der Waals surface area contributed by atoms with Crippen molar-refractivity contribution in [1.29, 1.82) is 0 Å². The maximum absolute atomic E-state index is 11.9. The minimum absolute atomic E-state index is 0.0713. The Balaban J connectivity index is 2.45. The van der Waals surface area contributed by atoms with Crippen LogP contribution in [0.4, 0.5) is 11.4 Å². The van der Waals surface area contributed by atoms with Gasteiger partial charge < -0.3 is 10.6 Å². The molecule has 0 fully saturated rings. The van der Waals surface area contributed by atoms with E-state index in [0.29, 0.717) is 6.54 Å². The SMILES string of the molecule is Cc1cc2c(cc1C)NC(=O)C(C)(C)CN2. The average molecular weight is 218 g/mol. The van der Waals surface area contributed by atoms with Gasteiger partial charge in [0, 0.05) is 6.54 Å². The van der Waals surface area contributed by atoms with Gasteiger partial charge in [0.2, 0.25) is 5.91 Å². The van der Waals surface area contributed by atoms with Crippen molar-refractivity contribution in [2.75, 3.05) is 17.2 Å². The predicted octanol–water partition coefficient (Wildman–Crippen LogP) is 2.69. The molecule has 0 atom stereocenters. The molecular formula is C13H18N2O. The molecule has 1 aliphatic rings. The second-order valence-electron chi connectivity index (χ2n) is 5.17. The van der Waals surface area contributed by atoms with Gasteiger partial charge in [0.05, 0.1) is 16.8 Å². The molecule has 0 unspecified atom stereocenters. The molecule has 1 aromatic carbocycles. The topological polar surface area (TPSA) is 41.1 Å². The van der Waals surface area contributed by atoms with Crippen LogP contribution >= 0.6 is 0 Å². The van der Waals surface area contributed by atoms with Crippen LogP contribution in [-0.2, 0) is 4.79 Å². The molecule has 1 heterocycles. The Morgan fingerprint density at radius 3 is 2.31 bits per heavy atom. The van der Waals surface area contributed by atoms with E-state index in [0.717, 1.165) is 11.4 Å². The largest absolute Gasteiger partial charge is 0.382 e. The molecule has 0 spiro atoms. The van der Waals surface area contributed by atoms with Gasteiger partial charge in [-0.05, 0) is 51.0 Å². The highest BCUT2D eigenvalue weighted by Gasteiger charge is 2.30. The van der Waals surface area contributed by atoms with E-state index >= 15 is 0 Å². The van der Waals surface area contributed by atoms with Crippen molar-refractivity contribution in [1.82, 2.24) is 0 Å². The zero-order chi connectivity index (χ0) is 11.9. The molecule has 0 aliphatic carbocycles. The van der Waals surface area contributed by atoms with Crippen molar-refractivity contribution < 1.29 is 4.79 Å². The standard InChI is InChI=1S/C13H18N2O/c1-8-5-10-11(6-9(8)2)15-12(16)13(3,4)7-14-10/h5-6,14H,7H2,1-4H3,(H,15,16). The number of rotatable bonds is 0. The summed E-state index contributed by atoms with van der Waals surface area (Å²) in [4.78, 5) is 11.9. The molecule has 3 nitrogen and oxygen atoms in total. The van der Waals surface area contributed by atoms with Crippen molar-refractivity contribution in [2.45, 2.75) is 27.7 Å². The number of aryl methyl sites for hydroxylation is 2. The zero-order valence-corrected chi connectivity index (χ0v) is 10.3. The van der Waals surface area contributed by atoms with Crippen LogP contribution < -0.4 is 10.6 Å². The first-order valence-corrected chi connectivity index (χ1v) is 5.57. The number of carbonyl (C=O) groups excluding carboxylic acids is 1. The van der Waals surface area contributed by atoms with E-state index in [2.05, 4.69) is 30.5 Å². The molecule has 0 bridgehead atoms. The number of nitrogens with one attached hydrogen (secondary N) is 2. The average Bonchev–Trinajstić information content (AvgIpc) is 2.29. The summed E-state index contributed by atoms with van der Waals surface area (Å²) in [6, 6.07) is 4.11. The first-order valence-electron chi connectivity index (χ1n) is 5.57. The van der Waals surface area contributed by atoms with Gasteiger partial charge in [-0.1, -0.05) is 0 Å². The molecule has 3 heteroatoms. The van der Waals surface area contributed by atoms with Crippen LogP contribution in [-0.4, -0.2) is 12.5 Å². The summed E-state index contributed by atoms with van der Waals surface area (Å²) in [6.07, 6.45) is 0. The Labute approximate surface area is 96.2 Å². The van der Waals surface area contributed by atoms with Gasteiger partial charge in [0.1, 0.15) is 0 Å². The maximum atomic E-state index is 11.9. The zero-order valence-electron chi connectivity index (χ0n) is 10.3. The van der Waals surface area contributed by atoms with E-state index in [-0.39, 0.29) is 11.3 Å². The van der Waals surface area contributed by atoms with Crippen LogP contribution in [0.25, 0.3) is 0 Å². The van der Waals surface area contributed by atoms with Gasteiger partial charge in [0.15, 0.2) is 0 Å². The Kier molecular flexibility index (Phi) is 2.41. The molecule has 1 amide bonds. The van der Waals surface area contributed by atoms with Crippen molar-refractivity contribution in [3.05, 3.63) is 23.3 Å². The predicted molar refractivity (Wildman–Crippen MR) is 66.8 cm³/mol. The lowest BCUT2D eigenvalue weighted by molar-refractivity contribution is -0.123. The molecule has 0 saturated carbocycles. The summed E-state index contributed by atoms with van der Waals surface area (Å²) in [6.45, 7) is 8.68. The van der Waals surface area contributed by atoms with E-state index in [4.69, 9.17) is 0 Å². The summed E-state index contributed by atoms with van der Waals surface area (Å²) in [5.74, 6) is 0.0713. The minimum atomic E-state index is -0.374. The highest BCUT2D eigenvalue weighted by atomic mass is 16.2. The molecule has 1 aliphatic heterocycles. The lowest BCUT2D eigenvalue weighted by atomic mass is 9.93. The Hall–Kier alpha value is -1.51. The smallest absolute Gasteiger partial charge is 0.231 e. The molecule has 0 aromatic heterocycles. The van der Waals surface area contributed by atoms with Crippen LogP contribution in [0.1, 0.15) is 25.0 Å². The fourth-order valence-corrected chi connectivity index (χ4v) is 1.75. The van der Waals surface area contributed by atoms with Crippen LogP contribution in [0.2, 0.25) is 0 Å². The first-order chi connectivity index (χ1) is 7.40. The Bertz CT molecular complexity index is 449. The number of hydrogen-bond donors (Lipinski definition) is 2. The number of fused-ring (bicyclic) bond motifs is 1. The Morgan fingerprint density at radius 1 is 1.12 bits per heavy atom. The third-order valence-corrected chi connectivity index (χ3v) is 3.22. The van der Waals surface area contributed by atoms with Gasteiger partial charge in [0.25, 0.3) is 0 Å². The lowest BCUT2D eigenvalue weighted by Crippen LogP contribution is -2.34. The number of hydrogen-bond acceptors (Lipinski definition) is 2. The summed E-state index contributed by atoms with van der Waals surface area (Å²) in [5, 5.41) is 6.31. The van der Waals surface area contributed by atoms with Crippen LogP contribution in [0.5, 0.6) is 0 Å². The molecular weight excluding hydrogens is 200 g/mol. The lowest BCUT2D eigenvalue weighted by Gasteiger charge is -2.19. The second kappa shape index (κ2) is 3.51. The first kappa shape index (κ1) is 11.0. The van der Waals surface area contributed by atoms with Crippen LogP contribution in [0.15, 0.2) is 12.1 Å². The fourth-order valence-electron chi connectivity index (χ4n) is 1.75. The van der Waals surface area contributed by atoms with Gasteiger partial charge in [-0.25, -0.2) is 0 Å².